The smallest absolute Gasteiger partial charge is 0.275 e. The van der Waals surface area contributed by atoms with Crippen molar-refractivity contribution in [2.45, 2.75) is 19.1 Å². The quantitative estimate of drug-likeness (QED) is 0.680. The molecule has 4 rings (SSSR count). The lowest BCUT2D eigenvalue weighted by Crippen LogP contribution is -2.49. The summed E-state index contributed by atoms with van der Waals surface area (Å²) in [6, 6.07) is 14.8. The maximum absolute atomic E-state index is 13.2. The summed E-state index contributed by atoms with van der Waals surface area (Å²) in [5.41, 5.74) is 0.973. The number of fused-ring (bicyclic) bond motifs is 1. The van der Waals surface area contributed by atoms with E-state index < -0.39 is 0 Å². The van der Waals surface area contributed by atoms with Crippen LogP contribution in [0.4, 0.5) is 0 Å². The summed E-state index contributed by atoms with van der Waals surface area (Å²) in [4.78, 5) is 27.0. The van der Waals surface area contributed by atoms with E-state index in [0.717, 1.165) is 10.0 Å². The van der Waals surface area contributed by atoms with E-state index in [-0.39, 0.29) is 29.3 Å². The van der Waals surface area contributed by atoms with Gasteiger partial charge in [-0.25, -0.2) is 5.10 Å². The predicted octanol–water partition coefficient (Wildman–Crippen LogP) is 3.29. The number of morpholine rings is 1. The molecule has 1 N–H and O–H groups in total. The molecule has 2 aromatic carbocycles. The largest absolute Gasteiger partial charge is 0.370 e. The topological polar surface area (TPSA) is 75.3 Å². The summed E-state index contributed by atoms with van der Waals surface area (Å²) in [5.74, 6) is -0.208. The second kappa shape index (κ2) is 7.25. The molecule has 138 valence electrons. The molecule has 0 spiro atoms. The highest BCUT2D eigenvalue weighted by molar-refractivity contribution is 9.10. The first-order valence-electron chi connectivity index (χ1n) is 8.71. The van der Waals surface area contributed by atoms with Gasteiger partial charge in [0.15, 0.2) is 5.69 Å². The van der Waals surface area contributed by atoms with E-state index in [4.69, 9.17) is 4.74 Å². The van der Waals surface area contributed by atoms with Gasteiger partial charge in [0.25, 0.3) is 11.5 Å². The lowest BCUT2D eigenvalue weighted by molar-refractivity contribution is -0.0553. The fourth-order valence-corrected chi connectivity index (χ4v) is 3.78. The fourth-order valence-electron chi connectivity index (χ4n) is 3.51. The highest BCUT2D eigenvalue weighted by atomic mass is 79.9. The van der Waals surface area contributed by atoms with Crippen molar-refractivity contribution in [3.8, 4) is 0 Å². The summed E-state index contributed by atoms with van der Waals surface area (Å²) in [6.07, 6.45) is -0.218. The molecule has 3 aromatic rings. The molecule has 0 bridgehead atoms. The van der Waals surface area contributed by atoms with Gasteiger partial charge in [0, 0.05) is 16.4 Å². The zero-order valence-electron chi connectivity index (χ0n) is 14.7. The van der Waals surface area contributed by atoms with E-state index in [1.165, 1.54) is 0 Å². The van der Waals surface area contributed by atoms with Crippen LogP contribution in [0.1, 0.15) is 29.1 Å². The number of carbonyl (C=O) groups is 1. The Labute approximate surface area is 164 Å². The first-order valence-corrected chi connectivity index (χ1v) is 9.51. The van der Waals surface area contributed by atoms with Crippen LogP contribution >= 0.6 is 15.9 Å². The zero-order chi connectivity index (χ0) is 19.0. The number of rotatable bonds is 2. The minimum absolute atomic E-state index is 0.167. The van der Waals surface area contributed by atoms with E-state index in [1.54, 1.807) is 29.2 Å². The van der Waals surface area contributed by atoms with E-state index in [1.807, 2.05) is 31.2 Å². The Hall–Kier alpha value is -2.51. The Kier molecular flexibility index (Phi) is 4.80. The molecule has 2 heterocycles. The van der Waals surface area contributed by atoms with Crippen LogP contribution in [0.3, 0.4) is 0 Å². The van der Waals surface area contributed by atoms with Gasteiger partial charge in [0.05, 0.1) is 18.0 Å². The van der Waals surface area contributed by atoms with Gasteiger partial charge in [-0.2, -0.15) is 5.10 Å². The number of nitrogens with one attached hydrogen (secondary N) is 1. The van der Waals surface area contributed by atoms with Gasteiger partial charge < -0.3 is 9.64 Å². The Morgan fingerprint density at radius 3 is 2.63 bits per heavy atom. The first kappa shape index (κ1) is 17.9. The van der Waals surface area contributed by atoms with Crippen molar-refractivity contribution in [3.05, 3.63) is 74.6 Å². The van der Waals surface area contributed by atoms with E-state index in [0.29, 0.717) is 23.9 Å². The SMILES string of the molecule is C[C@@H]1[C@@H](c2ccc(Br)cc2)OCCN1C(=O)c1n[nH]c(=O)c2ccccc12. The summed E-state index contributed by atoms with van der Waals surface area (Å²) in [6.45, 7) is 2.89. The van der Waals surface area contributed by atoms with Gasteiger partial charge >= 0.3 is 0 Å². The van der Waals surface area contributed by atoms with Crippen LogP contribution < -0.4 is 5.56 Å². The Morgan fingerprint density at radius 2 is 1.89 bits per heavy atom. The second-order valence-electron chi connectivity index (χ2n) is 6.53. The van der Waals surface area contributed by atoms with Crippen molar-refractivity contribution in [1.29, 1.82) is 0 Å². The average Bonchev–Trinajstić information content (AvgIpc) is 2.69. The summed E-state index contributed by atoms with van der Waals surface area (Å²) >= 11 is 3.44. The van der Waals surface area contributed by atoms with Gasteiger partial charge in [-0.1, -0.05) is 46.3 Å². The molecule has 1 aliphatic rings. The number of amides is 1. The van der Waals surface area contributed by atoms with Crippen molar-refractivity contribution >= 4 is 32.6 Å². The lowest BCUT2D eigenvalue weighted by Gasteiger charge is -2.39. The van der Waals surface area contributed by atoms with Crippen molar-refractivity contribution in [3.63, 3.8) is 0 Å². The number of aromatic amines is 1. The third-order valence-corrected chi connectivity index (χ3v) is 5.45. The number of benzene rings is 2. The number of H-pyrrole nitrogens is 1. The second-order valence-corrected chi connectivity index (χ2v) is 7.44. The van der Waals surface area contributed by atoms with Gasteiger partial charge in [0.2, 0.25) is 0 Å². The van der Waals surface area contributed by atoms with Crippen molar-refractivity contribution in [1.82, 2.24) is 15.1 Å². The number of ether oxygens (including phenoxy) is 1. The van der Waals surface area contributed by atoms with Crippen LogP contribution in [0.25, 0.3) is 10.8 Å². The van der Waals surface area contributed by atoms with Crippen LogP contribution in [0, 0.1) is 0 Å². The molecule has 2 atom stereocenters. The molecule has 1 fully saturated rings. The van der Waals surface area contributed by atoms with Gasteiger partial charge in [-0.15, -0.1) is 0 Å². The van der Waals surface area contributed by atoms with Crippen LogP contribution in [-0.2, 0) is 4.74 Å². The normalized spacial score (nSPS) is 20.0. The Morgan fingerprint density at radius 1 is 1.19 bits per heavy atom. The van der Waals surface area contributed by atoms with Gasteiger partial charge in [-0.05, 0) is 30.7 Å². The van der Waals surface area contributed by atoms with Crippen LogP contribution in [-0.4, -0.2) is 40.2 Å². The van der Waals surface area contributed by atoms with Gasteiger partial charge in [-0.3, -0.25) is 9.59 Å². The average molecular weight is 428 g/mol. The third kappa shape index (κ3) is 3.28. The Bertz CT molecular complexity index is 1050. The summed E-state index contributed by atoms with van der Waals surface area (Å²) in [7, 11) is 0. The highest BCUT2D eigenvalue weighted by Crippen LogP contribution is 2.30. The molecule has 6 nitrogen and oxygen atoms in total. The molecule has 0 saturated carbocycles. The molecule has 1 aromatic heterocycles. The molecular weight excluding hydrogens is 410 g/mol. The molecule has 1 saturated heterocycles. The number of hydrogen-bond donors (Lipinski definition) is 1. The number of aromatic nitrogens is 2. The number of halogens is 1. The van der Waals surface area contributed by atoms with E-state index >= 15 is 0 Å². The van der Waals surface area contributed by atoms with Crippen molar-refractivity contribution in [2.75, 3.05) is 13.2 Å². The van der Waals surface area contributed by atoms with Gasteiger partial charge in [0.1, 0.15) is 6.10 Å². The van der Waals surface area contributed by atoms with Crippen molar-refractivity contribution < 1.29 is 9.53 Å². The van der Waals surface area contributed by atoms with E-state index in [9.17, 15) is 9.59 Å². The highest BCUT2D eigenvalue weighted by Gasteiger charge is 2.34. The minimum atomic E-state index is -0.301. The molecule has 7 heteroatoms. The third-order valence-electron chi connectivity index (χ3n) is 4.92. The first-order chi connectivity index (χ1) is 13.1. The molecule has 0 radical (unpaired) electrons. The fraction of sp³-hybridized carbons (Fsp3) is 0.250. The predicted molar refractivity (Wildman–Crippen MR) is 106 cm³/mol. The molecule has 1 amide bonds. The molecule has 27 heavy (non-hydrogen) atoms. The van der Waals surface area contributed by atoms with E-state index in [2.05, 4.69) is 26.1 Å². The van der Waals surface area contributed by atoms with Crippen LogP contribution in [0.2, 0.25) is 0 Å². The Balaban J connectivity index is 1.69. The monoisotopic (exact) mass is 427 g/mol. The summed E-state index contributed by atoms with van der Waals surface area (Å²) < 4.78 is 6.94. The standard InChI is InChI=1S/C20H18BrN3O3/c1-12-18(13-6-8-14(21)9-7-13)27-11-10-24(12)20(26)17-15-4-2-3-5-16(15)19(25)23-22-17/h2-9,12,18H,10-11H2,1H3,(H,23,25)/t12-,18+/m1/s1. The number of nitrogens with zero attached hydrogens (tertiary/aromatic N) is 2. The summed E-state index contributed by atoms with van der Waals surface area (Å²) in [5, 5.41) is 7.51. The molecule has 1 aliphatic heterocycles. The van der Waals surface area contributed by atoms with Crippen molar-refractivity contribution in [2.24, 2.45) is 0 Å². The van der Waals surface area contributed by atoms with Crippen LogP contribution in [0.5, 0.6) is 0 Å². The molecular formula is C20H18BrN3O3. The maximum atomic E-state index is 13.2. The minimum Gasteiger partial charge on any atom is -0.370 e. The molecule has 0 aliphatic carbocycles. The zero-order valence-corrected chi connectivity index (χ0v) is 16.3. The van der Waals surface area contributed by atoms with Crippen LogP contribution in [0.15, 0.2) is 57.8 Å². The maximum Gasteiger partial charge on any atom is 0.275 e. The molecule has 0 unspecified atom stereocenters. The number of hydrogen-bond acceptors (Lipinski definition) is 4. The lowest BCUT2D eigenvalue weighted by atomic mass is 10.00. The number of carbonyl (C=O) groups excluding carboxylic acids is 1.